The van der Waals surface area contributed by atoms with Crippen LogP contribution >= 0.6 is 0 Å². The molecule has 4 heteroatoms. The molecule has 0 radical (unpaired) electrons. The molecule has 2 aromatic rings. The maximum atomic E-state index is 10.2. The Labute approximate surface area is 148 Å². The highest BCUT2D eigenvalue weighted by Gasteiger charge is 2.27. The van der Waals surface area contributed by atoms with Crippen LogP contribution in [0.1, 0.15) is 43.1 Å². The minimum Gasteiger partial charge on any atom is -0.508 e. The largest absolute Gasteiger partial charge is 0.508 e. The van der Waals surface area contributed by atoms with Gasteiger partial charge in [-0.3, -0.25) is 0 Å². The number of methoxy groups -OCH3 is 1. The molecule has 0 spiro atoms. The molecule has 0 amide bonds. The lowest BCUT2D eigenvalue weighted by Crippen LogP contribution is -2.17. The Kier molecular flexibility index (Phi) is 4.88. The summed E-state index contributed by atoms with van der Waals surface area (Å²) in [5.41, 5.74) is 4.12. The Bertz CT molecular complexity index is 804. The molecule has 0 aromatic heterocycles. The molecule has 2 aromatic carbocycles. The van der Waals surface area contributed by atoms with Crippen molar-refractivity contribution in [1.82, 2.24) is 0 Å². The second-order valence-electron chi connectivity index (χ2n) is 6.61. The van der Waals surface area contributed by atoms with Crippen molar-refractivity contribution in [3.63, 3.8) is 0 Å². The van der Waals surface area contributed by atoms with Gasteiger partial charge in [-0.2, -0.15) is 0 Å². The summed E-state index contributed by atoms with van der Waals surface area (Å²) in [4.78, 5) is 0. The summed E-state index contributed by atoms with van der Waals surface area (Å²) in [6.45, 7) is 4.14. The van der Waals surface area contributed by atoms with Gasteiger partial charge in [-0.1, -0.05) is 17.7 Å². The van der Waals surface area contributed by atoms with Crippen molar-refractivity contribution in [2.75, 3.05) is 7.11 Å². The van der Waals surface area contributed by atoms with E-state index in [1.165, 1.54) is 11.6 Å². The third kappa shape index (κ3) is 3.58. The zero-order chi connectivity index (χ0) is 18.0. The number of allylic oxidation sites excluding steroid dienone is 2. The van der Waals surface area contributed by atoms with Gasteiger partial charge in [0.1, 0.15) is 29.1 Å². The third-order valence-electron chi connectivity index (χ3n) is 4.53. The normalized spacial score (nSPS) is 15.9. The summed E-state index contributed by atoms with van der Waals surface area (Å²) in [5.74, 6) is 1.76. The van der Waals surface area contributed by atoms with E-state index in [1.54, 1.807) is 19.2 Å². The highest BCUT2D eigenvalue weighted by Crippen LogP contribution is 2.43. The highest BCUT2D eigenvalue weighted by atomic mass is 16.5. The van der Waals surface area contributed by atoms with Crippen LogP contribution in [0, 0.1) is 0 Å². The van der Waals surface area contributed by atoms with Gasteiger partial charge in [-0.25, -0.2) is 0 Å². The van der Waals surface area contributed by atoms with Gasteiger partial charge in [0.15, 0.2) is 0 Å². The van der Waals surface area contributed by atoms with Gasteiger partial charge >= 0.3 is 0 Å². The van der Waals surface area contributed by atoms with Gasteiger partial charge in [-0.05, 0) is 56.9 Å². The first-order chi connectivity index (χ1) is 12.0. The molecule has 132 valence electrons. The van der Waals surface area contributed by atoms with Crippen LogP contribution in [0.25, 0.3) is 0 Å². The molecule has 1 unspecified atom stereocenters. The van der Waals surface area contributed by atoms with E-state index >= 15 is 0 Å². The predicted octanol–water partition coefficient (Wildman–Crippen LogP) is 4.68. The van der Waals surface area contributed by atoms with Gasteiger partial charge in [0, 0.05) is 17.2 Å². The molecule has 4 nitrogen and oxygen atoms in total. The Morgan fingerprint density at radius 2 is 2.04 bits per heavy atom. The highest BCUT2D eigenvalue weighted by molar-refractivity contribution is 5.53. The number of fused-ring (bicyclic) bond motifs is 1. The Morgan fingerprint density at radius 1 is 1.24 bits per heavy atom. The summed E-state index contributed by atoms with van der Waals surface area (Å²) in [6.07, 6.45) is 4.29. The smallest absolute Gasteiger partial charge is 0.130 e. The maximum Gasteiger partial charge on any atom is 0.130 e. The molecule has 1 aliphatic rings. The van der Waals surface area contributed by atoms with Crippen LogP contribution in [0.5, 0.6) is 23.0 Å². The van der Waals surface area contributed by atoms with Gasteiger partial charge in [0.05, 0.1) is 7.11 Å². The molecular formula is C21H24O4. The first kappa shape index (κ1) is 17.2. The molecule has 0 aliphatic carbocycles. The van der Waals surface area contributed by atoms with E-state index in [-0.39, 0.29) is 17.6 Å². The molecular weight excluding hydrogens is 316 g/mol. The van der Waals surface area contributed by atoms with Crippen molar-refractivity contribution < 1.29 is 19.7 Å². The summed E-state index contributed by atoms with van der Waals surface area (Å²) in [7, 11) is 1.67. The monoisotopic (exact) mass is 340 g/mol. The zero-order valence-corrected chi connectivity index (χ0v) is 14.9. The van der Waals surface area contributed by atoms with E-state index in [9.17, 15) is 10.2 Å². The Hall–Kier alpha value is -2.62. The van der Waals surface area contributed by atoms with E-state index < -0.39 is 0 Å². The topological polar surface area (TPSA) is 58.9 Å². The number of phenolic OH excluding ortho intramolecular Hbond substituents is 2. The van der Waals surface area contributed by atoms with Crippen LogP contribution in [0.4, 0.5) is 0 Å². The average molecular weight is 340 g/mol. The number of benzene rings is 2. The fourth-order valence-electron chi connectivity index (χ4n) is 3.20. The van der Waals surface area contributed by atoms with Gasteiger partial charge in [-0.15, -0.1) is 0 Å². The molecule has 2 N–H and O–H groups in total. The molecule has 25 heavy (non-hydrogen) atoms. The number of ether oxygens (including phenoxy) is 2. The fraction of sp³-hybridized carbons (Fsp3) is 0.333. The number of aromatic hydroxyl groups is 2. The number of phenols is 2. The van der Waals surface area contributed by atoms with E-state index in [2.05, 4.69) is 19.9 Å². The second-order valence-corrected chi connectivity index (χ2v) is 6.61. The van der Waals surface area contributed by atoms with Gasteiger partial charge < -0.3 is 19.7 Å². The molecule has 3 rings (SSSR count). The van der Waals surface area contributed by atoms with Crippen molar-refractivity contribution in [3.8, 4) is 23.0 Å². The maximum absolute atomic E-state index is 10.2. The first-order valence-corrected chi connectivity index (χ1v) is 8.50. The Morgan fingerprint density at radius 3 is 2.72 bits per heavy atom. The molecule has 1 heterocycles. The summed E-state index contributed by atoms with van der Waals surface area (Å²) >= 11 is 0. The van der Waals surface area contributed by atoms with Crippen LogP contribution in [-0.4, -0.2) is 17.3 Å². The lowest BCUT2D eigenvalue weighted by Gasteiger charge is -2.29. The quantitative estimate of drug-likeness (QED) is 0.793. The molecule has 1 aliphatic heterocycles. The standard InChI is InChI=1S/C21H24O4/c1-13(2)4-8-17-19(24-3)10-5-14-6-11-20(25-21(14)17)16-9-7-15(22)12-18(16)23/h4-5,7,9-10,12,20,22-23H,6,8,11H2,1-3H3. The number of aryl methyl sites for hydroxylation is 1. The summed E-state index contributed by atoms with van der Waals surface area (Å²) in [5, 5.41) is 19.7. The minimum absolute atomic E-state index is 0.0448. The van der Waals surface area contributed by atoms with E-state index in [1.807, 2.05) is 12.1 Å². The lowest BCUT2D eigenvalue weighted by atomic mass is 9.93. The van der Waals surface area contributed by atoms with E-state index in [0.717, 1.165) is 41.9 Å². The second kappa shape index (κ2) is 7.09. The molecule has 0 saturated carbocycles. The molecule has 1 atom stereocenters. The van der Waals surface area contributed by atoms with E-state index in [0.29, 0.717) is 5.56 Å². The van der Waals surface area contributed by atoms with Crippen LogP contribution in [0.15, 0.2) is 42.0 Å². The van der Waals surface area contributed by atoms with Crippen LogP contribution in [-0.2, 0) is 12.8 Å². The number of rotatable bonds is 4. The van der Waals surface area contributed by atoms with Crippen molar-refractivity contribution in [2.24, 2.45) is 0 Å². The number of hydrogen-bond donors (Lipinski definition) is 2. The molecule has 0 bridgehead atoms. The SMILES string of the molecule is COc1ccc2c(c1CC=C(C)C)OC(c1ccc(O)cc1O)CC2. The van der Waals surface area contributed by atoms with Crippen molar-refractivity contribution in [2.45, 2.75) is 39.2 Å². The van der Waals surface area contributed by atoms with Crippen LogP contribution in [0.2, 0.25) is 0 Å². The minimum atomic E-state index is -0.245. The predicted molar refractivity (Wildman–Crippen MR) is 97.6 cm³/mol. The average Bonchev–Trinajstić information content (AvgIpc) is 2.59. The van der Waals surface area contributed by atoms with Crippen molar-refractivity contribution >= 4 is 0 Å². The van der Waals surface area contributed by atoms with Crippen molar-refractivity contribution in [3.05, 3.63) is 58.7 Å². The van der Waals surface area contributed by atoms with Gasteiger partial charge in [0.2, 0.25) is 0 Å². The van der Waals surface area contributed by atoms with Crippen LogP contribution < -0.4 is 9.47 Å². The van der Waals surface area contributed by atoms with Crippen molar-refractivity contribution in [1.29, 1.82) is 0 Å². The zero-order valence-electron chi connectivity index (χ0n) is 14.9. The fourth-order valence-corrected chi connectivity index (χ4v) is 3.20. The lowest BCUT2D eigenvalue weighted by molar-refractivity contribution is 0.170. The van der Waals surface area contributed by atoms with Crippen LogP contribution in [0.3, 0.4) is 0 Å². The van der Waals surface area contributed by atoms with Gasteiger partial charge in [0.25, 0.3) is 0 Å². The first-order valence-electron chi connectivity index (χ1n) is 8.50. The number of hydrogen-bond acceptors (Lipinski definition) is 4. The summed E-state index contributed by atoms with van der Waals surface area (Å²) in [6, 6.07) is 8.69. The van der Waals surface area contributed by atoms with E-state index in [4.69, 9.17) is 9.47 Å². The summed E-state index contributed by atoms with van der Waals surface area (Å²) < 4.78 is 11.8. The third-order valence-corrected chi connectivity index (χ3v) is 4.53. The molecule has 0 fully saturated rings. The molecule has 0 saturated heterocycles. The Balaban J connectivity index is 1.99.